The number of carbonyl (C=O) groups excluding carboxylic acids is 3. The van der Waals surface area contributed by atoms with Crippen molar-refractivity contribution in [2.45, 2.75) is 22.7 Å². The molecule has 1 aromatic heterocycles. The lowest BCUT2D eigenvalue weighted by Crippen LogP contribution is -2.33. The molecule has 1 saturated heterocycles. The van der Waals surface area contributed by atoms with Crippen LogP contribution in [0.2, 0.25) is 0 Å². The Balaban J connectivity index is 1.42. The van der Waals surface area contributed by atoms with E-state index >= 15 is 0 Å². The average molecular weight is 625 g/mol. The lowest BCUT2D eigenvalue weighted by atomic mass is 9.83. The van der Waals surface area contributed by atoms with Crippen molar-refractivity contribution >= 4 is 68.1 Å². The third-order valence-corrected chi connectivity index (χ3v) is 9.80. The highest BCUT2D eigenvalue weighted by Gasteiger charge is 2.56. The SMILES string of the molecule is O=C(Cn1c2c(sc1=O)[C@H](c1cccc(Br)c1)C1C(=O)N(c3ccc(F)cc3)C(=O)C1S2)Nc1ccccc1. The van der Waals surface area contributed by atoms with Gasteiger partial charge in [-0.1, -0.05) is 69.4 Å². The molecular formula is C28H19BrFN3O4S2. The molecule has 3 heterocycles. The Bertz CT molecular complexity index is 1670. The molecule has 0 spiro atoms. The van der Waals surface area contributed by atoms with Crippen LogP contribution >= 0.6 is 39.0 Å². The number of rotatable bonds is 5. The fraction of sp³-hybridized carbons (Fsp3) is 0.143. The van der Waals surface area contributed by atoms with E-state index < -0.39 is 34.7 Å². The van der Waals surface area contributed by atoms with E-state index in [0.29, 0.717) is 15.6 Å². The predicted octanol–water partition coefficient (Wildman–Crippen LogP) is 5.25. The Labute approximate surface area is 238 Å². The van der Waals surface area contributed by atoms with E-state index in [-0.39, 0.29) is 23.0 Å². The number of fused-ring (bicyclic) bond motifs is 2. The van der Waals surface area contributed by atoms with Crippen molar-refractivity contribution in [1.29, 1.82) is 0 Å². The fourth-order valence-electron chi connectivity index (χ4n) is 5.02. The molecule has 3 amide bonds. The lowest BCUT2D eigenvalue weighted by Gasteiger charge is -2.30. The van der Waals surface area contributed by atoms with Crippen LogP contribution in [-0.2, 0) is 20.9 Å². The zero-order valence-corrected chi connectivity index (χ0v) is 23.3. The number of amides is 3. The Morgan fingerprint density at radius 1 is 0.949 bits per heavy atom. The second-order valence-electron chi connectivity index (χ2n) is 9.12. The second kappa shape index (κ2) is 10.2. The number of anilines is 2. The smallest absolute Gasteiger partial charge is 0.308 e. The summed E-state index contributed by atoms with van der Waals surface area (Å²) in [4.78, 5) is 55.0. The van der Waals surface area contributed by atoms with Crippen molar-refractivity contribution in [2.75, 3.05) is 10.2 Å². The number of nitrogens with zero attached hydrogens (tertiary/aromatic N) is 2. The first kappa shape index (κ1) is 25.7. The molecule has 39 heavy (non-hydrogen) atoms. The molecular weight excluding hydrogens is 605 g/mol. The predicted molar refractivity (Wildman–Crippen MR) is 152 cm³/mol. The zero-order chi connectivity index (χ0) is 27.3. The van der Waals surface area contributed by atoms with Crippen LogP contribution < -0.4 is 15.1 Å². The van der Waals surface area contributed by atoms with Crippen LogP contribution in [0.3, 0.4) is 0 Å². The highest BCUT2D eigenvalue weighted by Crippen LogP contribution is 2.54. The van der Waals surface area contributed by atoms with Gasteiger partial charge in [0.05, 0.1) is 16.6 Å². The monoisotopic (exact) mass is 623 g/mol. The first-order valence-electron chi connectivity index (χ1n) is 12.0. The molecule has 1 fully saturated rings. The van der Waals surface area contributed by atoms with Crippen molar-refractivity contribution in [3.63, 3.8) is 0 Å². The summed E-state index contributed by atoms with van der Waals surface area (Å²) in [5, 5.41) is 2.47. The van der Waals surface area contributed by atoms with Crippen molar-refractivity contribution in [2.24, 2.45) is 5.92 Å². The molecule has 4 aromatic rings. The largest absolute Gasteiger partial charge is 0.325 e. The van der Waals surface area contributed by atoms with Gasteiger partial charge < -0.3 is 5.32 Å². The van der Waals surface area contributed by atoms with Crippen LogP contribution in [0.1, 0.15) is 16.4 Å². The van der Waals surface area contributed by atoms with E-state index in [1.54, 1.807) is 24.3 Å². The van der Waals surface area contributed by atoms with E-state index in [1.807, 2.05) is 30.3 Å². The Hall–Kier alpha value is -3.54. The first-order chi connectivity index (χ1) is 18.8. The average Bonchev–Trinajstić information content (AvgIpc) is 3.36. The Morgan fingerprint density at radius 3 is 2.41 bits per heavy atom. The summed E-state index contributed by atoms with van der Waals surface area (Å²) in [6.07, 6.45) is 0. The third-order valence-electron chi connectivity index (χ3n) is 6.70. The fourth-order valence-corrected chi connectivity index (χ4v) is 8.21. The highest BCUT2D eigenvalue weighted by atomic mass is 79.9. The van der Waals surface area contributed by atoms with Gasteiger partial charge in [-0.05, 0) is 54.1 Å². The maximum absolute atomic E-state index is 13.8. The minimum absolute atomic E-state index is 0.237. The van der Waals surface area contributed by atoms with Crippen LogP contribution in [0.5, 0.6) is 0 Å². The minimum atomic E-state index is -0.823. The summed E-state index contributed by atoms with van der Waals surface area (Å²) < 4.78 is 15.8. The number of benzene rings is 3. The maximum Gasteiger partial charge on any atom is 0.308 e. The molecule has 0 aliphatic carbocycles. The molecule has 2 unspecified atom stereocenters. The number of aromatic nitrogens is 1. The van der Waals surface area contributed by atoms with Gasteiger partial charge >= 0.3 is 4.87 Å². The number of para-hydroxylation sites is 1. The van der Waals surface area contributed by atoms with Crippen LogP contribution in [0.4, 0.5) is 15.8 Å². The van der Waals surface area contributed by atoms with E-state index in [4.69, 9.17) is 0 Å². The van der Waals surface area contributed by atoms with Gasteiger partial charge in [0.2, 0.25) is 17.7 Å². The van der Waals surface area contributed by atoms with Crippen molar-refractivity contribution in [3.05, 3.63) is 109 Å². The van der Waals surface area contributed by atoms with Gasteiger partial charge in [0.25, 0.3) is 0 Å². The molecule has 2 aliphatic rings. The molecule has 0 radical (unpaired) electrons. The number of thiazole rings is 1. The van der Waals surface area contributed by atoms with Gasteiger partial charge in [-0.3, -0.25) is 23.7 Å². The van der Waals surface area contributed by atoms with Crippen LogP contribution in [0, 0.1) is 11.7 Å². The molecule has 196 valence electrons. The third kappa shape index (κ3) is 4.64. The van der Waals surface area contributed by atoms with E-state index in [2.05, 4.69) is 21.2 Å². The normalized spacial score (nSPS) is 20.1. The zero-order valence-electron chi connectivity index (χ0n) is 20.0. The molecule has 6 rings (SSSR count). The number of imide groups is 1. The van der Waals surface area contributed by atoms with Gasteiger partial charge in [0.1, 0.15) is 17.6 Å². The summed E-state index contributed by atoms with van der Waals surface area (Å²) in [6.45, 7) is -0.237. The molecule has 3 atom stereocenters. The van der Waals surface area contributed by atoms with Gasteiger partial charge in [-0.15, -0.1) is 0 Å². The summed E-state index contributed by atoms with van der Waals surface area (Å²) in [7, 11) is 0. The summed E-state index contributed by atoms with van der Waals surface area (Å²) in [6, 6.07) is 21.6. The number of hydrogen-bond donors (Lipinski definition) is 1. The van der Waals surface area contributed by atoms with E-state index in [9.17, 15) is 23.6 Å². The number of halogens is 2. The molecule has 2 aliphatic heterocycles. The van der Waals surface area contributed by atoms with Crippen LogP contribution in [0.15, 0.2) is 93.2 Å². The highest BCUT2D eigenvalue weighted by molar-refractivity contribution is 9.10. The van der Waals surface area contributed by atoms with Crippen LogP contribution in [-0.4, -0.2) is 27.5 Å². The number of hydrogen-bond acceptors (Lipinski definition) is 6. The first-order valence-corrected chi connectivity index (χ1v) is 14.4. The standard InChI is InChI=1S/C28H19BrFN3O4S2/c29-16-6-4-5-15(13-16)21-22-23(26(36)33(25(22)35)19-11-9-17(30)10-12-19)38-27-24(21)39-28(37)32(27)14-20(34)31-18-7-2-1-3-8-18/h1-13,21-23H,14H2,(H,31,34)/t21-,22?,23?/m1/s1. The number of nitrogens with one attached hydrogen (secondary N) is 1. The van der Waals surface area contributed by atoms with Crippen molar-refractivity contribution < 1.29 is 18.8 Å². The van der Waals surface area contributed by atoms with Gasteiger partial charge in [-0.25, -0.2) is 9.29 Å². The number of thioether (sulfide) groups is 1. The molecule has 0 bridgehead atoms. The van der Waals surface area contributed by atoms with Crippen molar-refractivity contribution in [1.82, 2.24) is 4.57 Å². The molecule has 7 nitrogen and oxygen atoms in total. The van der Waals surface area contributed by atoms with Gasteiger partial charge in [0.15, 0.2) is 0 Å². The molecule has 0 saturated carbocycles. The lowest BCUT2D eigenvalue weighted by molar-refractivity contribution is -0.122. The quantitative estimate of drug-likeness (QED) is 0.307. The molecule has 11 heteroatoms. The summed E-state index contributed by atoms with van der Waals surface area (Å²) in [5.41, 5.74) is 1.66. The van der Waals surface area contributed by atoms with Crippen LogP contribution in [0.25, 0.3) is 0 Å². The Kier molecular flexibility index (Phi) is 6.74. The minimum Gasteiger partial charge on any atom is -0.325 e. The topological polar surface area (TPSA) is 88.5 Å². The van der Waals surface area contributed by atoms with Crippen molar-refractivity contribution in [3.8, 4) is 0 Å². The Morgan fingerprint density at radius 2 is 1.69 bits per heavy atom. The maximum atomic E-state index is 13.8. The van der Waals surface area contributed by atoms with E-state index in [0.717, 1.165) is 38.0 Å². The number of carbonyl (C=O) groups is 3. The van der Waals surface area contributed by atoms with Gasteiger partial charge in [0, 0.05) is 21.0 Å². The van der Waals surface area contributed by atoms with Gasteiger partial charge in [-0.2, -0.15) is 0 Å². The molecule has 1 N–H and O–H groups in total. The van der Waals surface area contributed by atoms with E-state index in [1.165, 1.54) is 28.8 Å². The molecule has 3 aromatic carbocycles. The second-order valence-corrected chi connectivity index (χ2v) is 12.2. The summed E-state index contributed by atoms with van der Waals surface area (Å²) >= 11 is 5.61. The summed E-state index contributed by atoms with van der Waals surface area (Å²) in [5.74, 6) is -3.06.